The maximum atomic E-state index is 13.6. The van der Waals surface area contributed by atoms with E-state index in [4.69, 9.17) is 5.11 Å². The summed E-state index contributed by atoms with van der Waals surface area (Å²) in [7, 11) is 0. The van der Waals surface area contributed by atoms with E-state index in [9.17, 15) is 19.3 Å². The molecule has 2 aromatic rings. The number of nitro groups is 1. The highest BCUT2D eigenvalue weighted by Crippen LogP contribution is 2.24. The Morgan fingerprint density at radius 3 is 2.35 bits per heavy atom. The van der Waals surface area contributed by atoms with E-state index >= 15 is 0 Å². The standard InChI is InChI=1S/C13H9FN2O4/c14-11-7-10(16(19)20)5-6-12(11)15-9-3-1-8(2-4-9)13(17)18/h1-7,15H,(H,17,18). The summed E-state index contributed by atoms with van der Waals surface area (Å²) in [5.41, 5.74) is 0.315. The maximum absolute atomic E-state index is 13.6. The normalized spacial score (nSPS) is 10.1. The number of rotatable bonds is 4. The van der Waals surface area contributed by atoms with Crippen molar-refractivity contribution in [1.82, 2.24) is 0 Å². The fourth-order valence-corrected chi connectivity index (χ4v) is 1.57. The van der Waals surface area contributed by atoms with Crippen LogP contribution in [-0.4, -0.2) is 16.0 Å². The number of carboxylic acids is 1. The fourth-order valence-electron chi connectivity index (χ4n) is 1.57. The molecule has 0 spiro atoms. The molecule has 0 aliphatic heterocycles. The van der Waals surface area contributed by atoms with E-state index in [0.717, 1.165) is 6.07 Å². The number of aromatic carboxylic acids is 1. The topological polar surface area (TPSA) is 92.5 Å². The first kappa shape index (κ1) is 13.5. The smallest absolute Gasteiger partial charge is 0.335 e. The van der Waals surface area contributed by atoms with E-state index in [0.29, 0.717) is 5.69 Å². The minimum atomic E-state index is -1.06. The predicted octanol–water partition coefficient (Wildman–Crippen LogP) is 3.18. The number of hydrogen-bond donors (Lipinski definition) is 2. The third-order valence-electron chi connectivity index (χ3n) is 2.57. The summed E-state index contributed by atoms with van der Waals surface area (Å²) in [5.74, 6) is -1.82. The Morgan fingerprint density at radius 2 is 1.85 bits per heavy atom. The second kappa shape index (κ2) is 5.35. The SMILES string of the molecule is O=C(O)c1ccc(Nc2ccc([N+](=O)[O-])cc2F)cc1. The number of non-ortho nitro benzene ring substituents is 1. The Labute approximate surface area is 112 Å². The van der Waals surface area contributed by atoms with Crippen LogP contribution in [0, 0.1) is 15.9 Å². The zero-order valence-corrected chi connectivity index (χ0v) is 10.0. The molecule has 2 rings (SSSR count). The van der Waals surface area contributed by atoms with Crippen LogP contribution >= 0.6 is 0 Å². The second-order valence-electron chi connectivity index (χ2n) is 3.93. The Balaban J connectivity index is 2.21. The van der Waals surface area contributed by atoms with Crippen LogP contribution in [0.5, 0.6) is 0 Å². The van der Waals surface area contributed by atoms with Gasteiger partial charge in [0.1, 0.15) is 0 Å². The van der Waals surface area contributed by atoms with Crippen molar-refractivity contribution in [3.8, 4) is 0 Å². The number of nitrogens with zero attached hydrogens (tertiary/aromatic N) is 1. The van der Waals surface area contributed by atoms with E-state index in [-0.39, 0.29) is 16.9 Å². The van der Waals surface area contributed by atoms with Gasteiger partial charge in [-0.1, -0.05) is 0 Å². The Kier molecular flexibility index (Phi) is 3.60. The second-order valence-corrected chi connectivity index (χ2v) is 3.93. The summed E-state index contributed by atoms with van der Waals surface area (Å²) in [6, 6.07) is 8.93. The van der Waals surface area contributed by atoms with Crippen LogP contribution in [0.1, 0.15) is 10.4 Å². The molecule has 0 aliphatic carbocycles. The molecule has 0 unspecified atom stereocenters. The quantitative estimate of drug-likeness (QED) is 0.660. The molecule has 7 heteroatoms. The third-order valence-corrected chi connectivity index (χ3v) is 2.57. The molecular weight excluding hydrogens is 267 g/mol. The number of nitro benzene ring substituents is 1. The lowest BCUT2D eigenvalue weighted by molar-refractivity contribution is -0.385. The molecule has 0 aliphatic rings. The highest BCUT2D eigenvalue weighted by molar-refractivity contribution is 5.88. The van der Waals surface area contributed by atoms with E-state index in [1.54, 1.807) is 0 Å². The van der Waals surface area contributed by atoms with Crippen LogP contribution in [0.15, 0.2) is 42.5 Å². The number of benzene rings is 2. The highest BCUT2D eigenvalue weighted by Gasteiger charge is 2.11. The maximum Gasteiger partial charge on any atom is 0.335 e. The number of anilines is 2. The lowest BCUT2D eigenvalue weighted by Crippen LogP contribution is -1.98. The molecule has 0 amide bonds. The van der Waals surface area contributed by atoms with E-state index in [1.165, 1.54) is 36.4 Å². The highest BCUT2D eigenvalue weighted by atomic mass is 19.1. The summed E-state index contributed by atoms with van der Waals surface area (Å²) >= 11 is 0. The summed E-state index contributed by atoms with van der Waals surface area (Å²) < 4.78 is 13.6. The van der Waals surface area contributed by atoms with Crippen LogP contribution in [0.2, 0.25) is 0 Å². The van der Waals surface area contributed by atoms with Crippen LogP contribution in [0.3, 0.4) is 0 Å². The molecule has 0 bridgehead atoms. The molecule has 20 heavy (non-hydrogen) atoms. The lowest BCUT2D eigenvalue weighted by Gasteiger charge is -2.07. The number of hydrogen-bond acceptors (Lipinski definition) is 4. The van der Waals surface area contributed by atoms with Crippen LogP contribution in [0.4, 0.5) is 21.5 Å². The van der Waals surface area contributed by atoms with E-state index in [1.807, 2.05) is 0 Å². The third kappa shape index (κ3) is 2.89. The Morgan fingerprint density at radius 1 is 1.20 bits per heavy atom. The van der Waals surface area contributed by atoms with Crippen molar-refractivity contribution in [3.05, 3.63) is 64.0 Å². The first-order valence-electron chi connectivity index (χ1n) is 5.51. The average Bonchev–Trinajstić information content (AvgIpc) is 2.41. The van der Waals surface area contributed by atoms with Gasteiger partial charge in [-0.3, -0.25) is 10.1 Å². The molecule has 6 nitrogen and oxygen atoms in total. The minimum absolute atomic E-state index is 0.0682. The van der Waals surface area contributed by atoms with Crippen molar-refractivity contribution in [2.24, 2.45) is 0 Å². The molecule has 0 radical (unpaired) electrons. The minimum Gasteiger partial charge on any atom is -0.478 e. The fraction of sp³-hybridized carbons (Fsp3) is 0. The average molecular weight is 276 g/mol. The van der Waals surface area contributed by atoms with Crippen molar-refractivity contribution in [2.75, 3.05) is 5.32 Å². The van der Waals surface area contributed by atoms with Crippen molar-refractivity contribution >= 4 is 23.0 Å². The number of nitrogens with one attached hydrogen (secondary N) is 1. The van der Waals surface area contributed by atoms with Crippen molar-refractivity contribution < 1.29 is 19.2 Å². The monoisotopic (exact) mass is 276 g/mol. The molecular formula is C13H9FN2O4. The van der Waals surface area contributed by atoms with Crippen molar-refractivity contribution in [3.63, 3.8) is 0 Å². The molecule has 0 atom stereocenters. The zero-order chi connectivity index (χ0) is 14.7. The summed E-state index contributed by atoms with van der Waals surface area (Å²) in [5, 5.41) is 21.9. The summed E-state index contributed by atoms with van der Waals surface area (Å²) in [4.78, 5) is 20.5. The summed E-state index contributed by atoms with van der Waals surface area (Å²) in [6.07, 6.45) is 0. The van der Waals surface area contributed by atoms with Crippen LogP contribution in [-0.2, 0) is 0 Å². The van der Waals surface area contributed by atoms with Crippen LogP contribution in [0.25, 0.3) is 0 Å². The van der Waals surface area contributed by atoms with E-state index in [2.05, 4.69) is 5.32 Å². The van der Waals surface area contributed by atoms with Gasteiger partial charge in [0, 0.05) is 11.8 Å². The van der Waals surface area contributed by atoms with Crippen molar-refractivity contribution in [1.29, 1.82) is 0 Å². The van der Waals surface area contributed by atoms with Gasteiger partial charge in [0.05, 0.1) is 22.2 Å². The van der Waals surface area contributed by atoms with Gasteiger partial charge in [-0.25, -0.2) is 9.18 Å². The predicted molar refractivity (Wildman–Crippen MR) is 69.7 cm³/mol. The molecule has 102 valence electrons. The van der Waals surface area contributed by atoms with Gasteiger partial charge in [0.15, 0.2) is 5.82 Å². The summed E-state index contributed by atoms with van der Waals surface area (Å²) in [6.45, 7) is 0. The molecule has 0 aromatic heterocycles. The zero-order valence-electron chi connectivity index (χ0n) is 10.0. The lowest BCUT2D eigenvalue weighted by atomic mass is 10.2. The first-order chi connectivity index (χ1) is 9.47. The van der Waals surface area contributed by atoms with Crippen LogP contribution < -0.4 is 5.32 Å². The van der Waals surface area contributed by atoms with Gasteiger partial charge in [-0.05, 0) is 30.3 Å². The number of carbonyl (C=O) groups is 1. The first-order valence-corrected chi connectivity index (χ1v) is 5.51. The number of halogens is 1. The molecule has 0 heterocycles. The van der Waals surface area contributed by atoms with Gasteiger partial charge in [-0.15, -0.1) is 0 Å². The van der Waals surface area contributed by atoms with Gasteiger partial charge in [0.2, 0.25) is 0 Å². The van der Waals surface area contributed by atoms with Gasteiger partial charge >= 0.3 is 5.97 Å². The van der Waals surface area contributed by atoms with Gasteiger partial charge < -0.3 is 10.4 Å². The van der Waals surface area contributed by atoms with Gasteiger partial charge in [0.25, 0.3) is 5.69 Å². The van der Waals surface area contributed by atoms with E-state index < -0.39 is 16.7 Å². The van der Waals surface area contributed by atoms with Crippen molar-refractivity contribution in [2.45, 2.75) is 0 Å². The number of carboxylic acid groups (broad SMARTS) is 1. The Hall–Kier alpha value is -2.96. The largest absolute Gasteiger partial charge is 0.478 e. The molecule has 2 aromatic carbocycles. The van der Waals surface area contributed by atoms with Gasteiger partial charge in [-0.2, -0.15) is 0 Å². The molecule has 0 fully saturated rings. The molecule has 0 saturated carbocycles. The molecule has 0 saturated heterocycles. The molecule has 2 N–H and O–H groups in total. The Bertz CT molecular complexity index is 671.